The van der Waals surface area contributed by atoms with Crippen molar-refractivity contribution < 1.29 is 14.3 Å². The number of aromatic nitrogens is 3. The summed E-state index contributed by atoms with van der Waals surface area (Å²) in [5, 5.41) is 10.5. The summed E-state index contributed by atoms with van der Waals surface area (Å²) in [4.78, 5) is 24.2. The molecule has 0 bridgehead atoms. The molecule has 4 aromatic rings. The van der Waals surface area contributed by atoms with Gasteiger partial charge < -0.3 is 10.8 Å². The standard InChI is InChI=1S/C20H12ClFN4O2/c21-14-9-12(8-11-2-1-7-24-15(11)14)17-16(10-3-5-13(22)6-4-10)26-19(23)18(25-17)20(27)28/h1-9H,(H2,23,26)(H,27,28). The van der Waals surface area contributed by atoms with Gasteiger partial charge in [-0.25, -0.2) is 19.2 Å². The van der Waals surface area contributed by atoms with Gasteiger partial charge in [0.25, 0.3) is 0 Å². The van der Waals surface area contributed by atoms with E-state index in [4.69, 9.17) is 17.3 Å². The average Bonchev–Trinajstić information content (AvgIpc) is 2.68. The zero-order valence-corrected chi connectivity index (χ0v) is 15.0. The van der Waals surface area contributed by atoms with Gasteiger partial charge in [-0.2, -0.15) is 0 Å². The van der Waals surface area contributed by atoms with Crippen molar-refractivity contribution in [3.05, 3.63) is 71.3 Å². The zero-order valence-electron chi connectivity index (χ0n) is 14.2. The number of rotatable bonds is 3. The third-order valence-electron chi connectivity index (χ3n) is 4.17. The minimum Gasteiger partial charge on any atom is -0.476 e. The molecule has 4 rings (SSSR count). The lowest BCUT2D eigenvalue weighted by Crippen LogP contribution is -2.10. The largest absolute Gasteiger partial charge is 0.476 e. The SMILES string of the molecule is Nc1nc(-c2ccc(F)cc2)c(-c2cc(Cl)c3ncccc3c2)nc1C(=O)O. The number of halogens is 2. The summed E-state index contributed by atoms with van der Waals surface area (Å²) in [6.07, 6.45) is 1.63. The van der Waals surface area contributed by atoms with Crippen LogP contribution in [0.3, 0.4) is 0 Å². The zero-order chi connectivity index (χ0) is 19.8. The third kappa shape index (κ3) is 3.12. The maximum absolute atomic E-state index is 13.3. The van der Waals surface area contributed by atoms with Crippen LogP contribution >= 0.6 is 11.6 Å². The fourth-order valence-electron chi connectivity index (χ4n) is 2.90. The molecular weight excluding hydrogens is 383 g/mol. The second-order valence-corrected chi connectivity index (χ2v) is 6.41. The molecule has 0 aliphatic heterocycles. The second-order valence-electron chi connectivity index (χ2n) is 6.00. The first-order valence-electron chi connectivity index (χ1n) is 8.15. The molecule has 0 saturated carbocycles. The molecule has 0 atom stereocenters. The Morgan fingerprint density at radius 2 is 1.75 bits per heavy atom. The molecular formula is C20H12ClFN4O2. The Hall–Kier alpha value is -3.58. The monoisotopic (exact) mass is 394 g/mol. The van der Waals surface area contributed by atoms with E-state index in [0.29, 0.717) is 27.4 Å². The average molecular weight is 395 g/mol. The minimum atomic E-state index is -1.30. The molecule has 0 unspecified atom stereocenters. The van der Waals surface area contributed by atoms with E-state index < -0.39 is 11.8 Å². The van der Waals surface area contributed by atoms with Crippen LogP contribution in [0.15, 0.2) is 54.7 Å². The number of carbonyl (C=O) groups is 1. The molecule has 2 aromatic carbocycles. The highest BCUT2D eigenvalue weighted by Crippen LogP contribution is 2.34. The number of carboxylic acids is 1. The molecule has 3 N–H and O–H groups in total. The van der Waals surface area contributed by atoms with Crippen LogP contribution in [0, 0.1) is 5.82 Å². The summed E-state index contributed by atoms with van der Waals surface area (Å²) in [7, 11) is 0. The Morgan fingerprint density at radius 3 is 2.46 bits per heavy atom. The second kappa shape index (κ2) is 6.86. The fraction of sp³-hybridized carbons (Fsp3) is 0. The molecule has 0 aliphatic rings. The highest BCUT2D eigenvalue weighted by Gasteiger charge is 2.20. The van der Waals surface area contributed by atoms with Crippen LogP contribution in [0.2, 0.25) is 5.02 Å². The van der Waals surface area contributed by atoms with Crippen molar-refractivity contribution in [1.82, 2.24) is 15.0 Å². The number of benzene rings is 2. The number of hydrogen-bond acceptors (Lipinski definition) is 5. The van der Waals surface area contributed by atoms with Gasteiger partial charge in [-0.15, -0.1) is 0 Å². The van der Waals surface area contributed by atoms with Gasteiger partial charge in [0.2, 0.25) is 0 Å². The van der Waals surface area contributed by atoms with Crippen LogP contribution in [0.4, 0.5) is 10.2 Å². The third-order valence-corrected chi connectivity index (χ3v) is 4.46. The maximum atomic E-state index is 13.3. The number of nitrogen functional groups attached to an aromatic ring is 1. The predicted octanol–water partition coefficient (Wildman–Crippen LogP) is 4.43. The van der Waals surface area contributed by atoms with Crippen molar-refractivity contribution in [3.8, 4) is 22.5 Å². The molecule has 2 aromatic heterocycles. The number of aromatic carboxylic acids is 1. The number of anilines is 1. The Balaban J connectivity index is 2.02. The van der Waals surface area contributed by atoms with Crippen LogP contribution < -0.4 is 5.73 Å². The number of nitrogens with two attached hydrogens (primary N) is 1. The van der Waals surface area contributed by atoms with Crippen molar-refractivity contribution in [3.63, 3.8) is 0 Å². The van der Waals surface area contributed by atoms with Gasteiger partial charge in [0, 0.05) is 22.7 Å². The number of hydrogen-bond donors (Lipinski definition) is 2. The van der Waals surface area contributed by atoms with E-state index in [-0.39, 0.29) is 17.2 Å². The summed E-state index contributed by atoms with van der Waals surface area (Å²) >= 11 is 6.36. The minimum absolute atomic E-state index is 0.232. The van der Waals surface area contributed by atoms with Crippen LogP contribution in [0.1, 0.15) is 10.5 Å². The van der Waals surface area contributed by atoms with E-state index in [1.54, 1.807) is 24.4 Å². The van der Waals surface area contributed by atoms with Gasteiger partial charge in [-0.05, 0) is 42.5 Å². The molecule has 2 heterocycles. The van der Waals surface area contributed by atoms with E-state index in [1.807, 2.05) is 6.07 Å². The predicted molar refractivity (Wildman–Crippen MR) is 105 cm³/mol. The molecule has 0 amide bonds. The Bertz CT molecular complexity index is 1230. The van der Waals surface area contributed by atoms with Crippen molar-refractivity contribution in [1.29, 1.82) is 0 Å². The first-order valence-corrected chi connectivity index (χ1v) is 8.53. The first kappa shape index (κ1) is 17.8. The molecule has 8 heteroatoms. The van der Waals surface area contributed by atoms with Crippen LogP contribution in [-0.2, 0) is 0 Å². The number of fused-ring (bicyclic) bond motifs is 1. The Kier molecular flexibility index (Phi) is 4.37. The summed E-state index contributed by atoms with van der Waals surface area (Å²) in [5.74, 6) is -1.94. The lowest BCUT2D eigenvalue weighted by molar-refractivity contribution is 0.0691. The lowest BCUT2D eigenvalue weighted by atomic mass is 10.0. The van der Waals surface area contributed by atoms with E-state index in [1.165, 1.54) is 24.3 Å². The number of carboxylic acid groups (broad SMARTS) is 1. The molecule has 0 aliphatic carbocycles. The molecule has 6 nitrogen and oxygen atoms in total. The molecule has 0 fully saturated rings. The maximum Gasteiger partial charge on any atom is 0.358 e. The molecule has 0 saturated heterocycles. The van der Waals surface area contributed by atoms with Gasteiger partial charge in [-0.1, -0.05) is 17.7 Å². The van der Waals surface area contributed by atoms with Gasteiger partial charge in [-0.3, -0.25) is 4.98 Å². The van der Waals surface area contributed by atoms with Gasteiger partial charge in [0.05, 0.1) is 21.9 Å². The molecule has 28 heavy (non-hydrogen) atoms. The molecule has 0 radical (unpaired) electrons. The number of pyridine rings is 1. The van der Waals surface area contributed by atoms with E-state index in [9.17, 15) is 14.3 Å². The summed E-state index contributed by atoms with van der Waals surface area (Å²) in [5.41, 5.74) is 7.70. The Labute approximate surface area is 163 Å². The van der Waals surface area contributed by atoms with Crippen molar-refractivity contribution in [2.75, 3.05) is 5.73 Å². The first-order chi connectivity index (χ1) is 13.4. The van der Waals surface area contributed by atoms with Gasteiger partial charge in [0.1, 0.15) is 5.82 Å². The van der Waals surface area contributed by atoms with Crippen LogP contribution in [0.25, 0.3) is 33.4 Å². The summed E-state index contributed by atoms with van der Waals surface area (Å²) in [6, 6.07) is 12.6. The normalized spacial score (nSPS) is 10.9. The van der Waals surface area contributed by atoms with Crippen LogP contribution in [0.5, 0.6) is 0 Å². The van der Waals surface area contributed by atoms with E-state index in [2.05, 4.69) is 15.0 Å². The summed E-state index contributed by atoms with van der Waals surface area (Å²) < 4.78 is 13.3. The fourth-order valence-corrected chi connectivity index (χ4v) is 3.18. The lowest BCUT2D eigenvalue weighted by Gasteiger charge is -2.12. The number of nitrogens with zero attached hydrogens (tertiary/aromatic N) is 3. The molecule has 0 spiro atoms. The highest BCUT2D eigenvalue weighted by molar-refractivity contribution is 6.35. The van der Waals surface area contributed by atoms with Crippen LogP contribution in [-0.4, -0.2) is 26.0 Å². The van der Waals surface area contributed by atoms with Crippen molar-refractivity contribution in [2.45, 2.75) is 0 Å². The summed E-state index contributed by atoms with van der Waals surface area (Å²) in [6.45, 7) is 0. The quantitative estimate of drug-likeness (QED) is 0.533. The van der Waals surface area contributed by atoms with Gasteiger partial charge >= 0.3 is 5.97 Å². The van der Waals surface area contributed by atoms with Crippen molar-refractivity contribution >= 4 is 34.3 Å². The molecule has 138 valence electrons. The van der Waals surface area contributed by atoms with Gasteiger partial charge in [0.15, 0.2) is 11.5 Å². The Morgan fingerprint density at radius 1 is 1.04 bits per heavy atom. The highest BCUT2D eigenvalue weighted by atomic mass is 35.5. The van der Waals surface area contributed by atoms with E-state index in [0.717, 1.165) is 5.39 Å². The van der Waals surface area contributed by atoms with Crippen molar-refractivity contribution in [2.24, 2.45) is 0 Å². The smallest absolute Gasteiger partial charge is 0.358 e. The van der Waals surface area contributed by atoms with E-state index >= 15 is 0 Å². The topological polar surface area (TPSA) is 102 Å².